The molecule has 0 bridgehead atoms. The molecule has 0 spiro atoms. The average molecular weight is 400 g/mol. The van der Waals surface area contributed by atoms with Gasteiger partial charge in [0.1, 0.15) is 17.6 Å². The largest absolute Gasteiger partial charge is 0.483 e. The van der Waals surface area contributed by atoms with Crippen molar-refractivity contribution in [1.29, 1.82) is 0 Å². The van der Waals surface area contributed by atoms with Crippen LogP contribution in [-0.4, -0.2) is 35.9 Å². The monoisotopic (exact) mass is 400 g/mol. The van der Waals surface area contributed by atoms with Crippen LogP contribution < -0.4 is 10.1 Å². The third-order valence-electron chi connectivity index (χ3n) is 4.68. The summed E-state index contributed by atoms with van der Waals surface area (Å²) in [5.41, 5.74) is 2.80. The Kier molecular flexibility index (Phi) is 8.19. The maximum absolute atomic E-state index is 13.2. The zero-order valence-corrected chi connectivity index (χ0v) is 17.5. The molecule has 1 atom stereocenters. The van der Waals surface area contributed by atoms with Crippen LogP contribution in [0.1, 0.15) is 37.0 Å². The van der Waals surface area contributed by atoms with Crippen molar-refractivity contribution in [2.24, 2.45) is 0 Å². The molecule has 2 rings (SSSR count). The molecule has 6 heteroatoms. The Morgan fingerprint density at radius 1 is 1.10 bits per heavy atom. The van der Waals surface area contributed by atoms with Crippen LogP contribution in [0, 0.1) is 19.7 Å². The van der Waals surface area contributed by atoms with Crippen LogP contribution in [0.4, 0.5) is 4.39 Å². The molecular formula is C23H29FN2O3. The summed E-state index contributed by atoms with van der Waals surface area (Å²) >= 11 is 0. The summed E-state index contributed by atoms with van der Waals surface area (Å²) in [7, 11) is 0. The van der Waals surface area contributed by atoms with Crippen LogP contribution in [0.5, 0.6) is 5.75 Å². The summed E-state index contributed by atoms with van der Waals surface area (Å²) in [4.78, 5) is 27.0. The second-order valence-electron chi connectivity index (χ2n) is 7.02. The van der Waals surface area contributed by atoms with Gasteiger partial charge in [-0.15, -0.1) is 0 Å². The molecule has 5 nitrogen and oxygen atoms in total. The highest BCUT2D eigenvalue weighted by Crippen LogP contribution is 2.19. The first-order chi connectivity index (χ1) is 13.8. The number of halogens is 1. The number of rotatable bonds is 9. The number of nitrogens with zero attached hydrogens (tertiary/aromatic N) is 1. The van der Waals surface area contributed by atoms with Gasteiger partial charge < -0.3 is 15.0 Å². The Morgan fingerprint density at radius 3 is 2.38 bits per heavy atom. The summed E-state index contributed by atoms with van der Waals surface area (Å²) in [6.07, 6.45) is 0.461. The van der Waals surface area contributed by atoms with Gasteiger partial charge in [-0.05, 0) is 56.5 Å². The van der Waals surface area contributed by atoms with Crippen molar-refractivity contribution < 1.29 is 18.7 Å². The van der Waals surface area contributed by atoms with E-state index in [4.69, 9.17) is 4.74 Å². The SMILES string of the molecule is CCNC(=O)[C@@H](CC)N(Cc1ccc(F)cc1)C(=O)COc1ccc(C)cc1C. The Morgan fingerprint density at radius 2 is 1.79 bits per heavy atom. The van der Waals surface area contributed by atoms with Gasteiger partial charge in [0.25, 0.3) is 5.91 Å². The van der Waals surface area contributed by atoms with E-state index in [2.05, 4.69) is 5.32 Å². The van der Waals surface area contributed by atoms with Gasteiger partial charge in [-0.25, -0.2) is 4.39 Å². The average Bonchev–Trinajstić information content (AvgIpc) is 2.68. The van der Waals surface area contributed by atoms with Crippen molar-refractivity contribution in [1.82, 2.24) is 10.2 Å². The van der Waals surface area contributed by atoms with E-state index in [9.17, 15) is 14.0 Å². The maximum atomic E-state index is 13.2. The topological polar surface area (TPSA) is 58.6 Å². The van der Waals surface area contributed by atoms with Gasteiger partial charge in [0.05, 0.1) is 0 Å². The number of benzene rings is 2. The minimum atomic E-state index is -0.629. The van der Waals surface area contributed by atoms with E-state index in [0.717, 1.165) is 16.7 Å². The van der Waals surface area contributed by atoms with Gasteiger partial charge in [-0.3, -0.25) is 9.59 Å². The van der Waals surface area contributed by atoms with E-state index >= 15 is 0 Å². The highest BCUT2D eigenvalue weighted by atomic mass is 19.1. The summed E-state index contributed by atoms with van der Waals surface area (Å²) in [5.74, 6) is -0.221. The number of aryl methyl sites for hydroxylation is 2. The number of likely N-dealkylation sites (N-methyl/N-ethyl adjacent to an activating group) is 1. The molecule has 0 aliphatic carbocycles. The van der Waals surface area contributed by atoms with Crippen molar-refractivity contribution in [3.05, 3.63) is 65.0 Å². The minimum absolute atomic E-state index is 0.180. The van der Waals surface area contributed by atoms with E-state index < -0.39 is 6.04 Å². The molecule has 0 saturated carbocycles. The van der Waals surface area contributed by atoms with Crippen LogP contribution in [0.15, 0.2) is 42.5 Å². The first kappa shape index (κ1) is 22.4. The summed E-state index contributed by atoms with van der Waals surface area (Å²) in [5, 5.41) is 2.78. The van der Waals surface area contributed by atoms with Crippen molar-refractivity contribution in [3.8, 4) is 5.75 Å². The molecule has 0 unspecified atom stereocenters. The van der Waals surface area contributed by atoms with Crippen molar-refractivity contribution >= 4 is 11.8 Å². The van der Waals surface area contributed by atoms with Gasteiger partial charge in [0, 0.05) is 13.1 Å². The number of carbonyl (C=O) groups excluding carboxylic acids is 2. The Balaban J connectivity index is 2.20. The predicted molar refractivity (Wildman–Crippen MR) is 111 cm³/mol. The molecule has 29 heavy (non-hydrogen) atoms. The third kappa shape index (κ3) is 6.31. The van der Waals surface area contributed by atoms with Gasteiger partial charge in [-0.2, -0.15) is 0 Å². The molecule has 2 aromatic carbocycles. The summed E-state index contributed by atoms with van der Waals surface area (Å²) in [6, 6.07) is 11.0. The number of amides is 2. The molecule has 156 valence electrons. The molecule has 0 heterocycles. The molecule has 0 aromatic heterocycles. The Labute approximate surface area is 171 Å². The maximum Gasteiger partial charge on any atom is 0.261 e. The van der Waals surface area contributed by atoms with E-state index in [1.165, 1.54) is 17.0 Å². The molecule has 0 aliphatic heterocycles. The van der Waals surface area contributed by atoms with Crippen molar-refractivity contribution in [3.63, 3.8) is 0 Å². The fourth-order valence-electron chi connectivity index (χ4n) is 3.18. The van der Waals surface area contributed by atoms with Crippen LogP contribution in [-0.2, 0) is 16.1 Å². The lowest BCUT2D eigenvalue weighted by atomic mass is 10.1. The third-order valence-corrected chi connectivity index (χ3v) is 4.68. The molecule has 0 radical (unpaired) electrons. The molecular weight excluding hydrogens is 371 g/mol. The number of carbonyl (C=O) groups is 2. The summed E-state index contributed by atoms with van der Waals surface area (Å²) < 4.78 is 19.0. The standard InChI is InChI=1S/C23H29FN2O3/c1-5-20(23(28)25-6-2)26(14-18-8-10-19(24)11-9-18)22(27)15-29-21-12-7-16(3)13-17(21)4/h7-13,20H,5-6,14-15H2,1-4H3,(H,25,28)/t20-/m1/s1. The van der Waals surface area contributed by atoms with E-state index in [1.807, 2.05) is 45.9 Å². The first-order valence-electron chi connectivity index (χ1n) is 9.87. The lowest BCUT2D eigenvalue weighted by molar-refractivity contribution is -0.142. The van der Waals surface area contributed by atoms with Gasteiger partial charge in [-0.1, -0.05) is 36.8 Å². The summed E-state index contributed by atoms with van der Waals surface area (Å²) in [6.45, 7) is 8.10. The molecule has 1 N–H and O–H groups in total. The van der Waals surface area contributed by atoms with E-state index in [1.54, 1.807) is 12.1 Å². The van der Waals surface area contributed by atoms with Gasteiger partial charge in [0.15, 0.2) is 6.61 Å². The number of hydrogen-bond donors (Lipinski definition) is 1. The molecule has 0 fully saturated rings. The second-order valence-corrected chi connectivity index (χ2v) is 7.02. The van der Waals surface area contributed by atoms with Crippen LogP contribution in [0.3, 0.4) is 0 Å². The zero-order chi connectivity index (χ0) is 21.4. The van der Waals surface area contributed by atoms with Crippen LogP contribution in [0.2, 0.25) is 0 Å². The van der Waals surface area contributed by atoms with Crippen molar-refractivity contribution in [2.45, 2.75) is 46.7 Å². The number of hydrogen-bond acceptors (Lipinski definition) is 3. The minimum Gasteiger partial charge on any atom is -0.483 e. The second kappa shape index (κ2) is 10.6. The molecule has 2 amide bonds. The molecule has 0 aliphatic rings. The normalized spacial score (nSPS) is 11.6. The fourth-order valence-corrected chi connectivity index (χ4v) is 3.18. The quantitative estimate of drug-likeness (QED) is 0.697. The van der Waals surface area contributed by atoms with Crippen LogP contribution in [0.25, 0.3) is 0 Å². The van der Waals surface area contributed by atoms with Gasteiger partial charge >= 0.3 is 0 Å². The Bertz CT molecular complexity index is 837. The number of ether oxygens (including phenoxy) is 1. The Hall–Kier alpha value is -2.89. The van der Waals surface area contributed by atoms with Gasteiger partial charge in [0.2, 0.25) is 5.91 Å². The zero-order valence-electron chi connectivity index (χ0n) is 17.5. The molecule has 0 saturated heterocycles. The first-order valence-corrected chi connectivity index (χ1v) is 9.87. The smallest absolute Gasteiger partial charge is 0.261 e. The number of nitrogens with one attached hydrogen (secondary N) is 1. The van der Waals surface area contributed by atoms with E-state index in [0.29, 0.717) is 18.7 Å². The molecule has 2 aromatic rings. The highest BCUT2D eigenvalue weighted by molar-refractivity contribution is 5.88. The van der Waals surface area contributed by atoms with Crippen LogP contribution >= 0.6 is 0 Å². The lowest BCUT2D eigenvalue weighted by Gasteiger charge is -2.30. The predicted octanol–water partition coefficient (Wildman–Crippen LogP) is 3.76. The van der Waals surface area contributed by atoms with Crippen molar-refractivity contribution in [2.75, 3.05) is 13.2 Å². The highest BCUT2D eigenvalue weighted by Gasteiger charge is 2.28. The van der Waals surface area contributed by atoms with E-state index in [-0.39, 0.29) is 30.8 Å². The lowest BCUT2D eigenvalue weighted by Crippen LogP contribution is -2.50. The fraction of sp³-hybridized carbons (Fsp3) is 0.391.